The molecule has 1 rings (SSSR count). The molecule has 18 heavy (non-hydrogen) atoms. The van der Waals surface area contributed by atoms with Gasteiger partial charge in [-0.1, -0.05) is 0 Å². The minimum Gasteiger partial charge on any atom is -0.466 e. The second-order valence-electron chi connectivity index (χ2n) is 3.89. The Bertz CT molecular complexity index is 342. The predicted molar refractivity (Wildman–Crippen MR) is 69.4 cm³/mol. The van der Waals surface area contributed by atoms with Crippen LogP contribution in [0.25, 0.3) is 0 Å². The Morgan fingerprint density at radius 1 is 1.50 bits per heavy atom. The van der Waals surface area contributed by atoms with Crippen molar-refractivity contribution in [3.63, 3.8) is 0 Å². The highest BCUT2D eigenvalue weighted by Gasteiger charge is 2.12. The van der Waals surface area contributed by atoms with Gasteiger partial charge in [0.15, 0.2) is 0 Å². The molecule has 0 bridgehead atoms. The van der Waals surface area contributed by atoms with Gasteiger partial charge < -0.3 is 20.3 Å². The van der Waals surface area contributed by atoms with Crippen molar-refractivity contribution in [1.82, 2.24) is 5.32 Å². The monoisotopic (exact) mass is 273 g/mol. The third-order valence-corrected chi connectivity index (χ3v) is 3.05. The first-order valence-electron chi connectivity index (χ1n) is 5.88. The lowest BCUT2D eigenvalue weighted by molar-refractivity contribution is -0.145. The maximum Gasteiger partial charge on any atom is 0.308 e. The number of hydrogen-bond acceptors (Lipinski definition) is 6. The van der Waals surface area contributed by atoms with Crippen LogP contribution in [0, 0.1) is 0 Å². The number of rotatable bonds is 8. The fourth-order valence-corrected chi connectivity index (χ4v) is 2.16. The van der Waals surface area contributed by atoms with Crippen LogP contribution in [0.4, 0.5) is 0 Å². The second-order valence-corrected chi connectivity index (χ2v) is 4.67. The van der Waals surface area contributed by atoms with E-state index in [1.807, 2.05) is 16.8 Å². The number of nitrogens with one attached hydrogen (secondary N) is 1. The number of esters is 1. The molecule has 2 atom stereocenters. The largest absolute Gasteiger partial charge is 0.466 e. The molecule has 1 aromatic heterocycles. The zero-order valence-corrected chi connectivity index (χ0v) is 11.2. The normalized spacial score (nSPS) is 14.2. The summed E-state index contributed by atoms with van der Waals surface area (Å²) in [7, 11) is 0. The minimum absolute atomic E-state index is 0.0324. The predicted octanol–water partition coefficient (Wildman–Crippen LogP) is 0.685. The third-order valence-electron chi connectivity index (χ3n) is 2.35. The van der Waals surface area contributed by atoms with Gasteiger partial charge in [0.1, 0.15) is 0 Å². The van der Waals surface area contributed by atoms with Gasteiger partial charge in [0.05, 0.1) is 25.2 Å². The SMILES string of the molecule is CCOC(=O)CC(O)CNCC(O)c1ccsc1. The van der Waals surface area contributed by atoms with Crippen LogP contribution >= 0.6 is 11.3 Å². The van der Waals surface area contributed by atoms with E-state index in [1.165, 1.54) is 11.3 Å². The number of hydrogen-bond donors (Lipinski definition) is 3. The van der Waals surface area contributed by atoms with Crippen LogP contribution in [0.2, 0.25) is 0 Å². The van der Waals surface area contributed by atoms with Crippen molar-refractivity contribution in [2.75, 3.05) is 19.7 Å². The minimum atomic E-state index is -0.793. The molecule has 0 aromatic carbocycles. The molecule has 5 nitrogen and oxygen atoms in total. The Hall–Kier alpha value is -0.950. The van der Waals surface area contributed by atoms with Crippen LogP contribution in [0.1, 0.15) is 25.0 Å². The summed E-state index contributed by atoms with van der Waals surface area (Å²) >= 11 is 1.52. The molecule has 0 saturated heterocycles. The van der Waals surface area contributed by atoms with Crippen molar-refractivity contribution in [3.05, 3.63) is 22.4 Å². The van der Waals surface area contributed by atoms with Crippen LogP contribution < -0.4 is 5.32 Å². The fraction of sp³-hybridized carbons (Fsp3) is 0.583. The van der Waals surface area contributed by atoms with Crippen molar-refractivity contribution in [2.24, 2.45) is 0 Å². The Labute approximate surface area is 110 Å². The van der Waals surface area contributed by atoms with Crippen LogP contribution in [-0.2, 0) is 9.53 Å². The highest BCUT2D eigenvalue weighted by molar-refractivity contribution is 7.07. The van der Waals surface area contributed by atoms with Crippen LogP contribution in [0.3, 0.4) is 0 Å². The molecular formula is C12H19NO4S. The molecular weight excluding hydrogens is 254 g/mol. The molecule has 0 aliphatic rings. The van der Waals surface area contributed by atoms with E-state index in [0.29, 0.717) is 13.2 Å². The number of aliphatic hydroxyl groups excluding tert-OH is 2. The van der Waals surface area contributed by atoms with E-state index in [1.54, 1.807) is 6.92 Å². The Morgan fingerprint density at radius 2 is 2.28 bits per heavy atom. The number of carbonyl (C=O) groups excluding carboxylic acids is 1. The second kappa shape index (κ2) is 8.20. The van der Waals surface area contributed by atoms with Gasteiger partial charge in [0.25, 0.3) is 0 Å². The standard InChI is InChI=1S/C12H19NO4S/c1-2-17-12(16)5-10(14)6-13-7-11(15)9-3-4-18-8-9/h3-4,8,10-11,13-15H,2,5-7H2,1H3. The Balaban J connectivity index is 2.15. The van der Waals surface area contributed by atoms with Gasteiger partial charge in [-0.3, -0.25) is 4.79 Å². The highest BCUT2D eigenvalue weighted by atomic mass is 32.1. The van der Waals surface area contributed by atoms with Gasteiger partial charge in [-0.25, -0.2) is 0 Å². The summed E-state index contributed by atoms with van der Waals surface area (Å²) in [5.41, 5.74) is 0.854. The summed E-state index contributed by atoms with van der Waals surface area (Å²) in [5, 5.41) is 26.0. The molecule has 102 valence electrons. The van der Waals surface area contributed by atoms with Crippen molar-refractivity contribution in [3.8, 4) is 0 Å². The number of carbonyl (C=O) groups is 1. The van der Waals surface area contributed by atoms with E-state index in [4.69, 9.17) is 4.74 Å². The Morgan fingerprint density at radius 3 is 2.89 bits per heavy atom. The van der Waals surface area contributed by atoms with E-state index >= 15 is 0 Å². The van der Waals surface area contributed by atoms with Gasteiger partial charge in [0.2, 0.25) is 0 Å². The Kier molecular flexibility index (Phi) is 6.89. The summed E-state index contributed by atoms with van der Waals surface area (Å²) in [6.07, 6.45) is -1.42. The first kappa shape index (κ1) is 15.1. The maximum atomic E-state index is 11.1. The highest BCUT2D eigenvalue weighted by Crippen LogP contribution is 2.14. The molecule has 1 aromatic rings. The maximum absolute atomic E-state index is 11.1. The molecule has 6 heteroatoms. The fourth-order valence-electron chi connectivity index (χ4n) is 1.45. The molecule has 0 fully saturated rings. The van der Waals surface area contributed by atoms with Crippen LogP contribution in [0.15, 0.2) is 16.8 Å². The quantitative estimate of drug-likeness (QED) is 0.607. The van der Waals surface area contributed by atoms with E-state index in [-0.39, 0.29) is 13.0 Å². The van der Waals surface area contributed by atoms with Crippen LogP contribution in [-0.4, -0.2) is 42.0 Å². The molecule has 3 N–H and O–H groups in total. The topological polar surface area (TPSA) is 78.8 Å². The van der Waals surface area contributed by atoms with Crippen LogP contribution in [0.5, 0.6) is 0 Å². The lowest BCUT2D eigenvalue weighted by Gasteiger charge is -2.13. The van der Waals surface area contributed by atoms with Gasteiger partial charge >= 0.3 is 5.97 Å². The zero-order chi connectivity index (χ0) is 13.4. The zero-order valence-electron chi connectivity index (χ0n) is 10.3. The lowest BCUT2D eigenvalue weighted by atomic mass is 10.2. The van der Waals surface area contributed by atoms with E-state index in [2.05, 4.69) is 5.32 Å². The summed E-state index contributed by atoms with van der Waals surface area (Å²) in [6.45, 7) is 2.63. The number of ether oxygens (including phenoxy) is 1. The van der Waals surface area contributed by atoms with E-state index in [0.717, 1.165) is 5.56 Å². The molecule has 0 aliphatic heterocycles. The van der Waals surface area contributed by atoms with Crippen molar-refractivity contribution < 1.29 is 19.7 Å². The van der Waals surface area contributed by atoms with E-state index < -0.39 is 18.2 Å². The van der Waals surface area contributed by atoms with E-state index in [9.17, 15) is 15.0 Å². The van der Waals surface area contributed by atoms with Crippen molar-refractivity contribution in [1.29, 1.82) is 0 Å². The first-order chi connectivity index (χ1) is 8.63. The summed E-state index contributed by atoms with van der Waals surface area (Å²) in [4.78, 5) is 11.1. The van der Waals surface area contributed by atoms with Crippen molar-refractivity contribution in [2.45, 2.75) is 25.6 Å². The third kappa shape index (κ3) is 5.59. The molecule has 1 heterocycles. The first-order valence-corrected chi connectivity index (χ1v) is 6.82. The van der Waals surface area contributed by atoms with Crippen molar-refractivity contribution >= 4 is 17.3 Å². The smallest absolute Gasteiger partial charge is 0.308 e. The molecule has 2 unspecified atom stereocenters. The molecule has 0 spiro atoms. The number of thiophene rings is 1. The van der Waals surface area contributed by atoms with Gasteiger partial charge in [-0.2, -0.15) is 11.3 Å². The van der Waals surface area contributed by atoms with Gasteiger partial charge in [0, 0.05) is 13.1 Å². The average molecular weight is 273 g/mol. The summed E-state index contributed by atoms with van der Waals surface area (Å²) in [5.74, 6) is -0.412. The van der Waals surface area contributed by atoms with Gasteiger partial charge in [-0.05, 0) is 29.3 Å². The molecule has 0 amide bonds. The molecule has 0 saturated carbocycles. The molecule has 0 aliphatic carbocycles. The molecule has 0 radical (unpaired) electrons. The average Bonchev–Trinajstić information content (AvgIpc) is 2.82. The lowest BCUT2D eigenvalue weighted by Crippen LogP contribution is -2.32. The number of aliphatic hydroxyl groups is 2. The summed E-state index contributed by atoms with van der Waals surface area (Å²) in [6, 6.07) is 1.85. The summed E-state index contributed by atoms with van der Waals surface area (Å²) < 4.78 is 4.72. The van der Waals surface area contributed by atoms with Gasteiger partial charge in [-0.15, -0.1) is 0 Å².